The highest BCUT2D eigenvalue weighted by atomic mass is 32.1. The molecule has 2 rings (SSSR count). The van der Waals surface area contributed by atoms with Crippen molar-refractivity contribution < 1.29 is 4.74 Å². The second-order valence-corrected chi connectivity index (χ2v) is 5.83. The maximum Gasteiger partial charge on any atom is 0.0934 e. The quantitative estimate of drug-likeness (QED) is 0.759. The van der Waals surface area contributed by atoms with Crippen molar-refractivity contribution in [3.63, 3.8) is 0 Å². The average molecular weight is 290 g/mol. The van der Waals surface area contributed by atoms with Gasteiger partial charge in [-0.15, -0.1) is 11.3 Å². The molecule has 0 amide bonds. The van der Waals surface area contributed by atoms with Crippen molar-refractivity contribution in [2.45, 2.75) is 19.3 Å². The number of hydrogen-bond acceptors (Lipinski definition) is 4. The fourth-order valence-electron chi connectivity index (χ4n) is 2.19. The fraction of sp³-hybridized carbons (Fsp3) is 0.438. The summed E-state index contributed by atoms with van der Waals surface area (Å²) in [6, 6.07) is 10.7. The van der Waals surface area contributed by atoms with Crippen molar-refractivity contribution in [1.82, 2.24) is 10.3 Å². The molecule has 3 nitrogen and oxygen atoms in total. The van der Waals surface area contributed by atoms with Crippen LogP contribution in [0.25, 0.3) is 0 Å². The van der Waals surface area contributed by atoms with Crippen LogP contribution < -0.4 is 5.32 Å². The number of hydrogen-bond donors (Lipinski definition) is 1. The number of methoxy groups -OCH3 is 1. The third kappa shape index (κ3) is 4.71. The minimum atomic E-state index is 0.457. The summed E-state index contributed by atoms with van der Waals surface area (Å²) in [7, 11) is 1.73. The first-order valence-electron chi connectivity index (χ1n) is 6.95. The van der Waals surface area contributed by atoms with Gasteiger partial charge in [-0.1, -0.05) is 30.3 Å². The molecule has 0 aliphatic carbocycles. The van der Waals surface area contributed by atoms with Gasteiger partial charge in [-0.2, -0.15) is 0 Å². The number of rotatable bonds is 8. The summed E-state index contributed by atoms with van der Waals surface area (Å²) in [6.45, 7) is 4.63. The van der Waals surface area contributed by atoms with Crippen molar-refractivity contribution in [1.29, 1.82) is 0 Å². The van der Waals surface area contributed by atoms with Gasteiger partial charge >= 0.3 is 0 Å². The molecule has 1 atom stereocenters. The largest absolute Gasteiger partial charge is 0.383 e. The van der Waals surface area contributed by atoms with E-state index in [1.165, 1.54) is 10.6 Å². The lowest BCUT2D eigenvalue weighted by Gasteiger charge is -2.17. The number of thiazole rings is 1. The van der Waals surface area contributed by atoms with E-state index in [1.54, 1.807) is 18.4 Å². The Morgan fingerprint density at radius 1 is 1.30 bits per heavy atom. The molecule has 0 saturated carbocycles. The van der Waals surface area contributed by atoms with E-state index in [9.17, 15) is 0 Å². The molecule has 108 valence electrons. The van der Waals surface area contributed by atoms with Gasteiger partial charge in [0.15, 0.2) is 0 Å². The molecule has 0 fully saturated rings. The number of aromatic nitrogens is 1. The Bertz CT molecular complexity index is 498. The monoisotopic (exact) mass is 290 g/mol. The van der Waals surface area contributed by atoms with Crippen molar-refractivity contribution in [3.8, 4) is 0 Å². The molecule has 1 aromatic carbocycles. The van der Waals surface area contributed by atoms with Gasteiger partial charge in [-0.05, 0) is 12.5 Å². The Labute approximate surface area is 125 Å². The van der Waals surface area contributed by atoms with E-state index in [2.05, 4.69) is 46.0 Å². The average Bonchev–Trinajstić information content (AvgIpc) is 2.88. The predicted molar refractivity (Wildman–Crippen MR) is 84.5 cm³/mol. The molecule has 1 unspecified atom stereocenters. The number of ether oxygens (including phenoxy) is 1. The zero-order valence-corrected chi connectivity index (χ0v) is 13.0. The van der Waals surface area contributed by atoms with Crippen molar-refractivity contribution in [3.05, 3.63) is 52.0 Å². The SMILES string of the molecule is COCCNCC(Cc1nc(C)cs1)c1ccccc1. The molecule has 1 N–H and O–H groups in total. The van der Waals surface area contributed by atoms with Gasteiger partial charge in [0.05, 0.1) is 11.6 Å². The lowest BCUT2D eigenvalue weighted by atomic mass is 9.96. The predicted octanol–water partition coefficient (Wildman–Crippen LogP) is 3.01. The molecule has 1 heterocycles. The molecule has 0 saturated heterocycles. The van der Waals surface area contributed by atoms with E-state index in [4.69, 9.17) is 4.74 Å². The molecule has 0 spiro atoms. The molecule has 0 bridgehead atoms. The minimum Gasteiger partial charge on any atom is -0.383 e. The molecule has 20 heavy (non-hydrogen) atoms. The molecule has 0 radical (unpaired) electrons. The summed E-state index contributed by atoms with van der Waals surface area (Å²) in [6.07, 6.45) is 0.989. The summed E-state index contributed by atoms with van der Waals surface area (Å²) >= 11 is 1.75. The molecule has 2 aromatic rings. The summed E-state index contributed by atoms with van der Waals surface area (Å²) < 4.78 is 5.08. The Kier molecular flexibility index (Phi) is 6.18. The second kappa shape index (κ2) is 8.15. The van der Waals surface area contributed by atoms with Crippen LogP contribution in [-0.4, -0.2) is 31.8 Å². The number of benzene rings is 1. The maximum atomic E-state index is 5.08. The Morgan fingerprint density at radius 3 is 2.75 bits per heavy atom. The van der Waals surface area contributed by atoms with Crippen LogP contribution in [0.5, 0.6) is 0 Å². The van der Waals surface area contributed by atoms with Gasteiger partial charge in [0, 0.05) is 43.6 Å². The zero-order valence-electron chi connectivity index (χ0n) is 12.1. The van der Waals surface area contributed by atoms with E-state index in [1.807, 2.05) is 6.92 Å². The summed E-state index contributed by atoms with van der Waals surface area (Å²) in [5, 5.41) is 6.80. The standard InChI is InChI=1S/C16H22N2OS/c1-13-12-20-16(18-13)10-15(11-17-8-9-19-2)14-6-4-3-5-7-14/h3-7,12,15,17H,8-11H2,1-2H3. The normalized spacial score (nSPS) is 12.5. The Balaban J connectivity index is 2.00. The topological polar surface area (TPSA) is 34.1 Å². The fourth-order valence-corrected chi connectivity index (χ4v) is 3.04. The molecule has 4 heteroatoms. The Morgan fingerprint density at radius 2 is 2.10 bits per heavy atom. The van der Waals surface area contributed by atoms with Crippen LogP contribution in [0.2, 0.25) is 0 Å². The van der Waals surface area contributed by atoms with E-state index >= 15 is 0 Å². The van der Waals surface area contributed by atoms with Crippen LogP contribution in [0.15, 0.2) is 35.7 Å². The van der Waals surface area contributed by atoms with Gasteiger partial charge in [-0.3, -0.25) is 0 Å². The zero-order chi connectivity index (χ0) is 14.2. The van der Waals surface area contributed by atoms with Gasteiger partial charge in [0.1, 0.15) is 0 Å². The summed E-state index contributed by atoms with van der Waals surface area (Å²) in [5.74, 6) is 0.457. The first-order chi connectivity index (χ1) is 9.79. The number of aryl methyl sites for hydroxylation is 1. The van der Waals surface area contributed by atoms with Gasteiger partial charge in [-0.25, -0.2) is 4.98 Å². The molecule has 0 aliphatic heterocycles. The van der Waals surface area contributed by atoms with Crippen molar-refractivity contribution in [2.75, 3.05) is 26.8 Å². The van der Waals surface area contributed by atoms with Crippen LogP contribution in [-0.2, 0) is 11.2 Å². The van der Waals surface area contributed by atoms with Gasteiger partial charge in [0.25, 0.3) is 0 Å². The van der Waals surface area contributed by atoms with Gasteiger partial charge in [0.2, 0.25) is 0 Å². The van der Waals surface area contributed by atoms with Crippen LogP contribution in [0.1, 0.15) is 22.2 Å². The first-order valence-corrected chi connectivity index (χ1v) is 7.83. The third-order valence-corrected chi connectivity index (χ3v) is 4.22. The summed E-state index contributed by atoms with van der Waals surface area (Å²) in [5.41, 5.74) is 2.48. The molecular weight excluding hydrogens is 268 g/mol. The van der Waals surface area contributed by atoms with Crippen molar-refractivity contribution in [2.24, 2.45) is 0 Å². The lowest BCUT2D eigenvalue weighted by Crippen LogP contribution is -2.26. The molecule has 1 aromatic heterocycles. The van der Waals surface area contributed by atoms with Crippen molar-refractivity contribution >= 4 is 11.3 Å². The second-order valence-electron chi connectivity index (χ2n) is 4.89. The number of nitrogens with one attached hydrogen (secondary N) is 1. The van der Waals surface area contributed by atoms with E-state index in [0.29, 0.717) is 5.92 Å². The highest BCUT2D eigenvalue weighted by Crippen LogP contribution is 2.22. The highest BCUT2D eigenvalue weighted by Gasteiger charge is 2.13. The van der Waals surface area contributed by atoms with Gasteiger partial charge < -0.3 is 10.1 Å². The van der Waals surface area contributed by atoms with Crippen LogP contribution in [0, 0.1) is 6.92 Å². The van der Waals surface area contributed by atoms with Crippen LogP contribution >= 0.6 is 11.3 Å². The maximum absolute atomic E-state index is 5.08. The lowest BCUT2D eigenvalue weighted by molar-refractivity contribution is 0.199. The third-order valence-electron chi connectivity index (χ3n) is 3.23. The Hall–Kier alpha value is -1.23. The highest BCUT2D eigenvalue weighted by molar-refractivity contribution is 7.09. The van der Waals surface area contributed by atoms with Crippen LogP contribution in [0.3, 0.4) is 0 Å². The molecular formula is C16H22N2OS. The molecule has 0 aliphatic rings. The van der Waals surface area contributed by atoms with E-state index in [0.717, 1.165) is 31.8 Å². The minimum absolute atomic E-state index is 0.457. The number of nitrogens with zero attached hydrogens (tertiary/aromatic N) is 1. The first kappa shape index (κ1) is 15.2. The van der Waals surface area contributed by atoms with Crippen LogP contribution in [0.4, 0.5) is 0 Å². The summed E-state index contributed by atoms with van der Waals surface area (Å²) in [4.78, 5) is 4.59. The smallest absolute Gasteiger partial charge is 0.0934 e. The van der Waals surface area contributed by atoms with E-state index in [-0.39, 0.29) is 0 Å². The van der Waals surface area contributed by atoms with E-state index < -0.39 is 0 Å².